The van der Waals surface area contributed by atoms with Gasteiger partial charge in [0.15, 0.2) is 0 Å². The monoisotopic (exact) mass is 1890 g/mol. The van der Waals surface area contributed by atoms with Gasteiger partial charge in [-0.25, -0.2) is 0 Å². The summed E-state index contributed by atoms with van der Waals surface area (Å²) in [6, 6.07) is 150. The molecule has 0 radical (unpaired) electrons. The molecule has 14 aromatic carbocycles. The molecule has 0 N–H and O–H groups in total. The number of hydrogen-bond donors (Lipinski definition) is 0. The van der Waals surface area contributed by atoms with Crippen molar-refractivity contribution >= 4 is 43.1 Å². The molecule has 24 rings (SSSR count). The summed E-state index contributed by atoms with van der Waals surface area (Å²) in [6.45, 7) is 21.1. The Labute approximate surface area is 859 Å². The zero-order chi connectivity index (χ0) is 101. The molecule has 10 nitrogen and oxygen atoms in total. The fourth-order valence-electron chi connectivity index (χ4n) is 16.6. The summed E-state index contributed by atoms with van der Waals surface area (Å²) in [4.78, 5) is 41.8. The van der Waals surface area contributed by atoms with Crippen molar-refractivity contribution in [1.29, 1.82) is 0 Å². The topological polar surface area (TPSA) is 129 Å². The highest BCUT2D eigenvalue weighted by atomic mass is 14.7. The second-order valence-electron chi connectivity index (χ2n) is 35.5. The molecule has 712 valence electrons. The molecule has 0 aliphatic rings. The SMILES string of the molecule is Cc1ccc(-c2ccccn2)c2ccccc12.Cc1ccc(-c2ccccn2)cc1.Cc1ccc(-c2cccnc2)c2ccccc12.Cc1ccc(-c2cccnc2)cc1.Cc1ccc(-c2ccncc2)c2ccccc12.Cc1ccc(-c2ccncc2)cc1.Cc1ccc2cc(-c3ccccn3)ccc2c1.Cc1cccc(-c2ccccn2)c1.Cc1cccc(-c2cccnc2)c1.Cc1cccc(-c2ccncc2)c1. The lowest BCUT2D eigenvalue weighted by Crippen LogP contribution is -1.86. The number of pyridine rings is 10. The largest absolute Gasteiger partial charge is 0.265 e. The molecule has 0 unspecified atom stereocenters. The van der Waals surface area contributed by atoms with Crippen LogP contribution in [0.4, 0.5) is 0 Å². The van der Waals surface area contributed by atoms with Gasteiger partial charge in [0.25, 0.3) is 0 Å². The van der Waals surface area contributed by atoms with E-state index in [0.717, 1.165) is 22.8 Å². The van der Waals surface area contributed by atoms with Gasteiger partial charge in [-0.1, -0.05) is 360 Å². The minimum Gasteiger partial charge on any atom is -0.265 e. The van der Waals surface area contributed by atoms with E-state index in [2.05, 4.69) is 447 Å². The second kappa shape index (κ2) is 53.3. The molecule has 0 saturated carbocycles. The lowest BCUT2D eigenvalue weighted by atomic mass is 9.96. The Hall–Kier alpha value is -18.4. The molecular formula is C136H118N10. The fraction of sp³-hybridized carbons (Fsp3) is 0.0735. The molecule has 0 fully saturated rings. The van der Waals surface area contributed by atoms with Gasteiger partial charge < -0.3 is 0 Å². The maximum Gasteiger partial charge on any atom is 0.0708 e. The summed E-state index contributed by atoms with van der Waals surface area (Å²) in [5.74, 6) is 0. The Morgan fingerprint density at radius 1 is 0.130 bits per heavy atom. The molecule has 10 heterocycles. The lowest BCUT2D eigenvalue weighted by Gasteiger charge is -2.08. The van der Waals surface area contributed by atoms with Crippen LogP contribution in [0.15, 0.2) is 536 Å². The summed E-state index contributed by atoms with van der Waals surface area (Å²) in [7, 11) is 0. The smallest absolute Gasteiger partial charge is 0.0708 e. The molecule has 0 amide bonds. The van der Waals surface area contributed by atoms with E-state index < -0.39 is 0 Å². The van der Waals surface area contributed by atoms with E-state index in [9.17, 15) is 0 Å². The third kappa shape index (κ3) is 29.9. The molecule has 0 aliphatic carbocycles. The maximum atomic E-state index is 4.43. The van der Waals surface area contributed by atoms with Gasteiger partial charge in [0.05, 0.1) is 22.8 Å². The van der Waals surface area contributed by atoms with Crippen LogP contribution in [0.5, 0.6) is 0 Å². The number of aromatic nitrogens is 10. The Morgan fingerprint density at radius 3 is 0.822 bits per heavy atom. The van der Waals surface area contributed by atoms with Gasteiger partial charge in [-0.15, -0.1) is 0 Å². The zero-order valence-electron chi connectivity index (χ0n) is 84.3. The number of fused-ring (bicyclic) bond motifs is 4. The van der Waals surface area contributed by atoms with Gasteiger partial charge >= 0.3 is 0 Å². The second-order valence-corrected chi connectivity index (χ2v) is 35.5. The molecule has 0 bridgehead atoms. The molecule has 0 spiro atoms. The van der Waals surface area contributed by atoms with E-state index >= 15 is 0 Å². The number of hydrogen-bond acceptors (Lipinski definition) is 10. The minimum absolute atomic E-state index is 1.02. The van der Waals surface area contributed by atoms with E-state index in [-0.39, 0.29) is 0 Å². The van der Waals surface area contributed by atoms with Crippen molar-refractivity contribution < 1.29 is 0 Å². The van der Waals surface area contributed by atoms with Gasteiger partial charge in [0.2, 0.25) is 0 Å². The van der Waals surface area contributed by atoms with E-state index in [4.69, 9.17) is 0 Å². The molecule has 24 aromatic rings. The summed E-state index contributed by atoms with van der Waals surface area (Å²) < 4.78 is 0. The van der Waals surface area contributed by atoms with Crippen LogP contribution in [0.3, 0.4) is 0 Å². The first-order valence-corrected chi connectivity index (χ1v) is 49.0. The van der Waals surface area contributed by atoms with Gasteiger partial charge in [0.1, 0.15) is 0 Å². The summed E-state index contributed by atoms with van der Waals surface area (Å²) in [5, 5.41) is 10.3. The molecule has 10 heteroatoms. The van der Waals surface area contributed by atoms with Crippen LogP contribution < -0.4 is 0 Å². The Balaban J connectivity index is 0.000000122. The molecular weight excluding hydrogens is 1770 g/mol. The standard InChI is InChI=1S/4C16H13N.6C12H11N/c1-12-8-9-15(13-5-4-10-17-11-13)16-7-3-2-6-14(12)16;1-12-9-10-15(16-8-4-5-11-17-16)14-7-3-2-6-13(12)14;1-12-5-6-14-11-15(8-7-13(14)10-12)16-4-2-3-9-17-16;1-12-6-7-15(13-8-10-17-11-9-13)16-5-3-2-4-14(12)16;1-10-2-4-11(5-3-10)12-6-8-13-9-7-12;1-10-4-2-5-11(8-10)12-6-3-7-13-9-12;1-10-4-6-11(7-5-10)12-3-2-8-13-9-12;1-10-5-4-6-11(9-10)12-7-2-3-8-13-12;1-10-3-2-4-12(9-10)11-5-7-13-8-6-11;1-10-5-7-11(8-6-10)12-4-2-3-9-13-12/h4*2-11H,1H3;6*2-9H,1H3. The third-order valence-electron chi connectivity index (χ3n) is 24.4. The fourth-order valence-corrected chi connectivity index (χ4v) is 16.6. The van der Waals surface area contributed by atoms with E-state index in [1.807, 2.05) is 190 Å². The molecule has 0 aliphatic heterocycles. The van der Waals surface area contributed by atoms with E-state index in [1.54, 1.807) is 18.6 Å². The van der Waals surface area contributed by atoms with Crippen LogP contribution in [-0.2, 0) is 0 Å². The van der Waals surface area contributed by atoms with Crippen molar-refractivity contribution in [1.82, 2.24) is 49.8 Å². The van der Waals surface area contributed by atoms with Crippen molar-refractivity contribution in [2.24, 2.45) is 0 Å². The van der Waals surface area contributed by atoms with Gasteiger partial charge in [0, 0.05) is 127 Å². The number of aryl methyl sites for hydroxylation is 10. The first kappa shape index (κ1) is 102. The maximum absolute atomic E-state index is 4.43. The van der Waals surface area contributed by atoms with Gasteiger partial charge in [-0.05, 0) is 305 Å². The van der Waals surface area contributed by atoms with Crippen LogP contribution in [0.2, 0.25) is 0 Å². The number of nitrogens with zero attached hydrogens (tertiary/aromatic N) is 10. The molecule has 0 saturated heterocycles. The Morgan fingerprint density at radius 2 is 0.411 bits per heavy atom. The van der Waals surface area contributed by atoms with Crippen molar-refractivity contribution in [3.8, 4) is 112 Å². The van der Waals surface area contributed by atoms with Crippen LogP contribution in [-0.4, -0.2) is 49.8 Å². The first-order chi connectivity index (χ1) is 71.6. The molecule has 0 atom stereocenters. The average Bonchev–Trinajstić information content (AvgIpc) is 0.800. The molecule has 146 heavy (non-hydrogen) atoms. The third-order valence-corrected chi connectivity index (χ3v) is 24.4. The summed E-state index contributed by atoms with van der Waals surface area (Å²) >= 11 is 0. The van der Waals surface area contributed by atoms with E-state index in [0.29, 0.717) is 0 Å². The highest BCUT2D eigenvalue weighted by Crippen LogP contribution is 2.35. The van der Waals surface area contributed by atoms with Crippen LogP contribution in [0.1, 0.15) is 55.6 Å². The minimum atomic E-state index is 1.02. The summed E-state index contributed by atoms with van der Waals surface area (Å²) in [6.07, 6.45) is 29.3. The van der Waals surface area contributed by atoms with Crippen molar-refractivity contribution in [2.75, 3.05) is 0 Å². The normalized spacial score (nSPS) is 10.3. The van der Waals surface area contributed by atoms with E-state index in [1.165, 1.54) is 188 Å². The van der Waals surface area contributed by atoms with Crippen LogP contribution >= 0.6 is 0 Å². The Bertz CT molecular complexity index is 7450. The van der Waals surface area contributed by atoms with Crippen molar-refractivity contribution in [3.63, 3.8) is 0 Å². The average molecular weight is 1890 g/mol. The number of benzene rings is 14. The molecule has 10 aromatic heterocycles. The predicted octanol–water partition coefficient (Wildman–Crippen LogP) is 35.2. The Kier molecular flexibility index (Phi) is 37.2. The van der Waals surface area contributed by atoms with Gasteiger partial charge in [-0.2, -0.15) is 0 Å². The van der Waals surface area contributed by atoms with Crippen molar-refractivity contribution in [2.45, 2.75) is 69.2 Å². The number of rotatable bonds is 10. The quantitative estimate of drug-likeness (QED) is 0.130. The lowest BCUT2D eigenvalue weighted by molar-refractivity contribution is 1.32. The zero-order valence-corrected chi connectivity index (χ0v) is 84.3. The van der Waals surface area contributed by atoms with Gasteiger partial charge in [-0.3, -0.25) is 49.8 Å². The predicted molar refractivity (Wildman–Crippen MR) is 614 cm³/mol. The summed E-state index contributed by atoms with van der Waals surface area (Å²) in [5.41, 5.74) is 36.4. The highest BCUT2D eigenvalue weighted by molar-refractivity contribution is 6.00. The van der Waals surface area contributed by atoms with Crippen LogP contribution in [0.25, 0.3) is 155 Å². The van der Waals surface area contributed by atoms with Crippen molar-refractivity contribution in [3.05, 3.63) is 592 Å². The highest BCUT2D eigenvalue weighted by Gasteiger charge is 2.11. The first-order valence-electron chi connectivity index (χ1n) is 49.0. The van der Waals surface area contributed by atoms with Crippen LogP contribution in [0, 0.1) is 69.2 Å².